The third-order valence-corrected chi connectivity index (χ3v) is 10.4. The minimum absolute atomic E-state index is 0.0311. The first-order chi connectivity index (χ1) is 19.2. The molecule has 2 heterocycles. The van der Waals surface area contributed by atoms with Gasteiger partial charge in [-0.1, -0.05) is 11.6 Å². The second-order valence-electron chi connectivity index (χ2n) is 10.6. The van der Waals surface area contributed by atoms with E-state index < -0.39 is 20.4 Å². The molecule has 2 saturated carbocycles. The van der Waals surface area contributed by atoms with Crippen LogP contribution in [0.4, 0.5) is 20.7 Å². The largest absolute Gasteiger partial charge is 0.377 e. The highest BCUT2D eigenvalue weighted by molar-refractivity contribution is 7.92. The Kier molecular flexibility index (Phi) is 6.92. The topological polar surface area (TPSA) is 114 Å². The van der Waals surface area contributed by atoms with Crippen LogP contribution in [0.2, 0.25) is 5.02 Å². The van der Waals surface area contributed by atoms with Crippen molar-refractivity contribution >= 4 is 39.0 Å². The minimum atomic E-state index is -3.94. The molecule has 0 unspecified atom stereocenters. The van der Waals surface area contributed by atoms with E-state index in [2.05, 4.69) is 15.5 Å². The van der Waals surface area contributed by atoms with Crippen molar-refractivity contribution in [2.45, 2.75) is 54.3 Å². The van der Waals surface area contributed by atoms with Crippen LogP contribution in [-0.2, 0) is 19.3 Å². The fourth-order valence-electron chi connectivity index (χ4n) is 4.94. The summed E-state index contributed by atoms with van der Waals surface area (Å²) in [4.78, 5) is 23.8. The van der Waals surface area contributed by atoms with Crippen molar-refractivity contribution in [2.75, 3.05) is 30.0 Å². The molecule has 2 aromatic carbocycles. The van der Waals surface area contributed by atoms with Gasteiger partial charge in [-0.3, -0.25) is 0 Å². The van der Waals surface area contributed by atoms with Crippen LogP contribution in [0.25, 0.3) is 11.4 Å². The Morgan fingerprint density at radius 3 is 2.52 bits per heavy atom. The molecule has 12 heteroatoms. The summed E-state index contributed by atoms with van der Waals surface area (Å²) < 4.78 is 45.9. The smallest absolute Gasteiger partial charge is 0.319 e. The molecule has 6 rings (SSSR count). The predicted molar refractivity (Wildman–Crippen MR) is 150 cm³/mol. The number of nitrogens with one attached hydrogen (secondary N) is 2. The number of rotatable bonds is 7. The lowest BCUT2D eigenvalue weighted by Gasteiger charge is -2.34. The molecule has 1 atom stereocenters. The van der Waals surface area contributed by atoms with Gasteiger partial charge in [0.2, 0.25) is 0 Å². The van der Waals surface area contributed by atoms with Crippen molar-refractivity contribution in [3.8, 4) is 11.4 Å². The Hall–Kier alpha value is -3.28. The number of urea groups is 1. The minimum Gasteiger partial charge on any atom is -0.377 e. The maximum Gasteiger partial charge on any atom is 0.319 e. The highest BCUT2D eigenvalue weighted by Crippen LogP contribution is 2.55. The molecular formula is C28H29ClFN5O4S. The highest BCUT2D eigenvalue weighted by Gasteiger charge is 2.58. The number of ether oxygens (including phenoxy) is 1. The molecule has 9 nitrogen and oxygen atoms in total. The van der Waals surface area contributed by atoms with Crippen LogP contribution in [0.1, 0.15) is 38.3 Å². The second kappa shape index (κ2) is 10.3. The summed E-state index contributed by atoms with van der Waals surface area (Å²) >= 11 is 5.94. The van der Waals surface area contributed by atoms with Crippen LogP contribution in [0.5, 0.6) is 0 Å². The van der Waals surface area contributed by atoms with E-state index in [0.717, 1.165) is 25.0 Å². The number of benzene rings is 2. The van der Waals surface area contributed by atoms with Crippen LogP contribution < -0.4 is 15.5 Å². The molecule has 3 aromatic rings. The van der Waals surface area contributed by atoms with Crippen LogP contribution in [0.15, 0.2) is 53.4 Å². The van der Waals surface area contributed by atoms with Gasteiger partial charge in [0.15, 0.2) is 15.7 Å². The molecule has 0 spiro atoms. The van der Waals surface area contributed by atoms with E-state index >= 15 is 0 Å². The van der Waals surface area contributed by atoms with Gasteiger partial charge in [0.05, 0.1) is 34.9 Å². The lowest BCUT2D eigenvalue weighted by Crippen LogP contribution is -2.44. The average molecular weight is 586 g/mol. The molecule has 2 amide bonds. The van der Waals surface area contributed by atoms with Crippen molar-refractivity contribution in [3.05, 3.63) is 65.1 Å². The first kappa shape index (κ1) is 26.9. The molecule has 2 N–H and O–H groups in total. The number of anilines is 2. The summed E-state index contributed by atoms with van der Waals surface area (Å²) in [5, 5.41) is 5.46. The van der Waals surface area contributed by atoms with Crippen molar-refractivity contribution in [1.29, 1.82) is 0 Å². The van der Waals surface area contributed by atoms with Gasteiger partial charge in [-0.2, -0.15) is 0 Å². The average Bonchev–Trinajstić information content (AvgIpc) is 3.86. The van der Waals surface area contributed by atoms with Gasteiger partial charge in [0.25, 0.3) is 0 Å². The molecule has 1 saturated heterocycles. The number of aromatic nitrogens is 2. The summed E-state index contributed by atoms with van der Waals surface area (Å²) in [6.07, 6.45) is 2.74. The summed E-state index contributed by atoms with van der Waals surface area (Å²) in [5.41, 5.74) is 1.68. The van der Waals surface area contributed by atoms with E-state index in [9.17, 15) is 17.6 Å². The van der Waals surface area contributed by atoms with Gasteiger partial charge in [-0.25, -0.2) is 27.6 Å². The molecule has 3 aliphatic rings. The molecule has 40 heavy (non-hydrogen) atoms. The number of carbonyl (C=O) groups excluding carboxylic acids is 1. The van der Waals surface area contributed by atoms with Crippen LogP contribution in [-0.4, -0.2) is 56.3 Å². The molecular weight excluding hydrogens is 557 g/mol. The highest BCUT2D eigenvalue weighted by atomic mass is 35.5. The first-order valence-corrected chi connectivity index (χ1v) is 15.1. The molecule has 210 valence electrons. The number of amides is 2. The summed E-state index contributed by atoms with van der Waals surface area (Å²) in [5.74, 6) is 0.306. The zero-order valence-electron chi connectivity index (χ0n) is 21.9. The van der Waals surface area contributed by atoms with E-state index in [1.54, 1.807) is 30.3 Å². The number of nitrogens with zero attached hydrogens (tertiary/aromatic N) is 3. The van der Waals surface area contributed by atoms with Gasteiger partial charge >= 0.3 is 6.03 Å². The molecule has 3 fully saturated rings. The first-order valence-electron chi connectivity index (χ1n) is 13.3. The number of halogens is 2. The molecule has 2 aliphatic carbocycles. The number of hydrogen-bond acceptors (Lipinski definition) is 7. The van der Waals surface area contributed by atoms with Gasteiger partial charge < -0.3 is 20.3 Å². The van der Waals surface area contributed by atoms with Crippen molar-refractivity contribution in [1.82, 2.24) is 15.3 Å². The van der Waals surface area contributed by atoms with Crippen molar-refractivity contribution < 1.29 is 22.3 Å². The lowest BCUT2D eigenvalue weighted by molar-refractivity contribution is 0.0985. The Bertz CT molecular complexity index is 1560. The quantitative estimate of drug-likeness (QED) is 0.379. The number of sulfone groups is 1. The van der Waals surface area contributed by atoms with Crippen LogP contribution >= 0.6 is 11.6 Å². The monoisotopic (exact) mass is 585 g/mol. The summed E-state index contributed by atoms with van der Waals surface area (Å²) in [6.45, 7) is 3.68. The molecule has 1 aromatic heterocycles. The Morgan fingerprint density at radius 1 is 1.12 bits per heavy atom. The molecule has 0 bridgehead atoms. The Balaban J connectivity index is 1.38. The molecule has 0 radical (unpaired) electrons. The maximum atomic E-state index is 13.9. The van der Waals surface area contributed by atoms with E-state index in [4.69, 9.17) is 26.3 Å². The summed E-state index contributed by atoms with van der Waals surface area (Å²) in [6, 6.07) is 12.4. The zero-order valence-corrected chi connectivity index (χ0v) is 23.4. The number of morpholine rings is 1. The van der Waals surface area contributed by atoms with E-state index in [1.165, 1.54) is 6.07 Å². The zero-order chi connectivity index (χ0) is 28.1. The lowest BCUT2D eigenvalue weighted by atomic mass is 10.1. The van der Waals surface area contributed by atoms with Gasteiger partial charge in [0.1, 0.15) is 16.4 Å². The second-order valence-corrected chi connectivity index (χ2v) is 13.2. The summed E-state index contributed by atoms with van der Waals surface area (Å²) in [7, 11) is -3.94. The fourth-order valence-corrected chi connectivity index (χ4v) is 7.18. The van der Waals surface area contributed by atoms with Crippen LogP contribution in [0.3, 0.4) is 0 Å². The Morgan fingerprint density at radius 2 is 1.88 bits per heavy atom. The van der Waals surface area contributed by atoms with Crippen molar-refractivity contribution in [3.63, 3.8) is 0 Å². The fraction of sp³-hybridized carbons (Fsp3) is 0.393. The number of carbonyl (C=O) groups is 1. The SMILES string of the molecule is C[C@H]1COCCN1c1cc(C2(S(=O)(=O)c3ccc(F)c(Cl)c3)CC2)nc(-c2ccc(NC(=O)NC3CC3)cc2)n1. The van der Waals surface area contributed by atoms with E-state index in [0.29, 0.717) is 61.2 Å². The Labute approximate surface area is 237 Å². The van der Waals surface area contributed by atoms with Gasteiger partial charge in [-0.05, 0) is 75.1 Å². The third kappa shape index (κ3) is 5.13. The number of hydrogen-bond donors (Lipinski definition) is 2. The molecule has 1 aliphatic heterocycles. The predicted octanol–water partition coefficient (Wildman–Crippen LogP) is 4.91. The van der Waals surface area contributed by atoms with E-state index in [1.807, 2.05) is 6.92 Å². The van der Waals surface area contributed by atoms with Gasteiger partial charge in [-0.15, -0.1) is 0 Å². The van der Waals surface area contributed by atoms with Crippen molar-refractivity contribution in [2.24, 2.45) is 0 Å². The van der Waals surface area contributed by atoms with Gasteiger partial charge in [0, 0.05) is 29.9 Å². The van der Waals surface area contributed by atoms with E-state index in [-0.39, 0.29) is 28.0 Å². The van der Waals surface area contributed by atoms with Crippen LogP contribution in [0, 0.1) is 5.82 Å². The standard InChI is InChI=1S/C28H29ClFN5O4S/c1-17-16-39-13-12-35(17)25-15-24(28(10-11-28)40(37,38)21-8-9-23(30)22(29)14-21)33-26(34-25)18-2-4-19(5-3-18)31-27(36)32-20-6-7-20/h2-5,8-9,14-15,17,20H,6-7,10-13,16H2,1H3,(H2,31,32,36)/t17-/m0/s1. The third-order valence-electron chi connectivity index (χ3n) is 7.57. The normalized spacial score (nSPS) is 20.2. The maximum absolute atomic E-state index is 13.9.